The molecule has 1 amide bonds. The standard InChI is InChI=1S/C20H21N5O3/c26-19(14-25-20(27)17-3-1-2-4-18(17)22-23-25)21-16-7-5-15(6-8-16)13-24-9-11-28-12-10-24/h1-8H,9-14H2,(H,21,26). The Morgan fingerprint density at radius 2 is 1.82 bits per heavy atom. The van der Waals surface area contributed by atoms with E-state index in [1.54, 1.807) is 24.3 Å². The first kappa shape index (κ1) is 18.3. The maximum absolute atomic E-state index is 12.4. The number of benzene rings is 2. The van der Waals surface area contributed by atoms with Crippen molar-refractivity contribution in [1.82, 2.24) is 19.9 Å². The predicted octanol–water partition coefficient (Wildman–Crippen LogP) is 1.26. The minimum absolute atomic E-state index is 0.188. The highest BCUT2D eigenvalue weighted by Gasteiger charge is 2.12. The fourth-order valence-corrected chi connectivity index (χ4v) is 3.17. The molecule has 3 aromatic rings. The highest BCUT2D eigenvalue weighted by atomic mass is 16.5. The minimum Gasteiger partial charge on any atom is -0.379 e. The van der Waals surface area contributed by atoms with Crippen LogP contribution in [0.25, 0.3) is 10.9 Å². The molecule has 0 radical (unpaired) electrons. The first-order valence-electron chi connectivity index (χ1n) is 9.20. The second kappa shape index (κ2) is 8.28. The van der Waals surface area contributed by atoms with Crippen LogP contribution in [0.2, 0.25) is 0 Å². The Morgan fingerprint density at radius 1 is 1.07 bits per heavy atom. The lowest BCUT2D eigenvalue weighted by molar-refractivity contribution is -0.117. The van der Waals surface area contributed by atoms with Gasteiger partial charge in [-0.3, -0.25) is 14.5 Å². The third kappa shape index (κ3) is 4.24. The summed E-state index contributed by atoms with van der Waals surface area (Å²) in [5.74, 6) is -0.326. The molecule has 8 heteroatoms. The summed E-state index contributed by atoms with van der Waals surface area (Å²) in [5.41, 5.74) is 2.04. The Hall–Kier alpha value is -3.10. The van der Waals surface area contributed by atoms with E-state index in [2.05, 4.69) is 20.5 Å². The lowest BCUT2D eigenvalue weighted by atomic mass is 10.2. The molecule has 1 N–H and O–H groups in total. The van der Waals surface area contributed by atoms with Gasteiger partial charge in [0.1, 0.15) is 12.1 Å². The second-order valence-electron chi connectivity index (χ2n) is 6.70. The molecule has 1 fully saturated rings. The van der Waals surface area contributed by atoms with Crippen LogP contribution in [-0.4, -0.2) is 52.1 Å². The normalized spacial score (nSPS) is 14.9. The third-order valence-corrected chi connectivity index (χ3v) is 4.67. The van der Waals surface area contributed by atoms with Crippen LogP contribution < -0.4 is 10.9 Å². The maximum Gasteiger partial charge on any atom is 0.278 e. The van der Waals surface area contributed by atoms with Crippen molar-refractivity contribution >= 4 is 22.5 Å². The number of aromatic nitrogens is 3. The van der Waals surface area contributed by atoms with E-state index in [9.17, 15) is 9.59 Å². The number of ether oxygens (including phenoxy) is 1. The van der Waals surface area contributed by atoms with Crippen LogP contribution in [0.4, 0.5) is 5.69 Å². The van der Waals surface area contributed by atoms with Crippen LogP contribution in [0.1, 0.15) is 5.56 Å². The van der Waals surface area contributed by atoms with E-state index < -0.39 is 0 Å². The number of amides is 1. The molecule has 144 valence electrons. The largest absolute Gasteiger partial charge is 0.379 e. The van der Waals surface area contributed by atoms with Crippen LogP contribution >= 0.6 is 0 Å². The Morgan fingerprint density at radius 3 is 2.61 bits per heavy atom. The van der Waals surface area contributed by atoms with Crippen LogP contribution in [-0.2, 0) is 22.6 Å². The van der Waals surface area contributed by atoms with Gasteiger partial charge in [0.25, 0.3) is 5.56 Å². The van der Waals surface area contributed by atoms with Crippen molar-refractivity contribution in [2.75, 3.05) is 31.6 Å². The molecular formula is C20H21N5O3. The second-order valence-corrected chi connectivity index (χ2v) is 6.70. The van der Waals surface area contributed by atoms with Crippen LogP contribution in [0.15, 0.2) is 53.3 Å². The van der Waals surface area contributed by atoms with E-state index in [0.717, 1.165) is 37.5 Å². The molecule has 0 aliphatic carbocycles. The van der Waals surface area contributed by atoms with Gasteiger partial charge in [0.15, 0.2) is 0 Å². The average molecular weight is 379 g/mol. The zero-order valence-corrected chi connectivity index (χ0v) is 15.4. The highest BCUT2D eigenvalue weighted by molar-refractivity contribution is 5.90. The van der Waals surface area contributed by atoms with Crippen molar-refractivity contribution < 1.29 is 9.53 Å². The van der Waals surface area contributed by atoms with Gasteiger partial charge < -0.3 is 10.1 Å². The molecule has 8 nitrogen and oxygen atoms in total. The molecule has 28 heavy (non-hydrogen) atoms. The summed E-state index contributed by atoms with van der Waals surface area (Å²) in [7, 11) is 0. The van der Waals surface area contributed by atoms with Gasteiger partial charge in [-0.05, 0) is 29.8 Å². The molecular weight excluding hydrogens is 358 g/mol. The number of carbonyl (C=O) groups excluding carboxylic acids is 1. The number of rotatable bonds is 5. The monoisotopic (exact) mass is 379 g/mol. The smallest absolute Gasteiger partial charge is 0.278 e. The van der Waals surface area contributed by atoms with Gasteiger partial charge >= 0.3 is 0 Å². The van der Waals surface area contributed by atoms with Crippen LogP contribution in [0.3, 0.4) is 0 Å². The lowest BCUT2D eigenvalue weighted by Gasteiger charge is -2.26. The molecule has 1 aromatic heterocycles. The molecule has 0 atom stereocenters. The SMILES string of the molecule is O=C(Cn1nnc2ccccc2c1=O)Nc1ccc(CN2CCOCC2)cc1. The van der Waals surface area contributed by atoms with Gasteiger partial charge in [0.05, 0.1) is 18.6 Å². The molecule has 1 aliphatic rings. The Labute approximate surface area is 161 Å². The van der Waals surface area contributed by atoms with Crippen molar-refractivity contribution in [2.24, 2.45) is 0 Å². The molecule has 0 saturated carbocycles. The van der Waals surface area contributed by atoms with Gasteiger partial charge in [-0.15, -0.1) is 5.10 Å². The molecule has 2 aromatic carbocycles. The molecule has 0 unspecified atom stereocenters. The highest BCUT2D eigenvalue weighted by Crippen LogP contribution is 2.12. The van der Waals surface area contributed by atoms with Crippen molar-refractivity contribution in [2.45, 2.75) is 13.1 Å². The van der Waals surface area contributed by atoms with Gasteiger partial charge in [-0.1, -0.05) is 29.5 Å². The molecule has 2 heterocycles. The summed E-state index contributed by atoms with van der Waals surface area (Å²) >= 11 is 0. The number of morpholine rings is 1. The molecule has 1 saturated heterocycles. The Balaban J connectivity index is 1.38. The minimum atomic E-state index is -0.332. The van der Waals surface area contributed by atoms with Gasteiger partial charge in [-0.25, -0.2) is 4.68 Å². The van der Waals surface area contributed by atoms with E-state index >= 15 is 0 Å². The number of carbonyl (C=O) groups is 1. The van der Waals surface area contributed by atoms with Crippen LogP contribution in [0.5, 0.6) is 0 Å². The fourth-order valence-electron chi connectivity index (χ4n) is 3.17. The Bertz CT molecular complexity index is 1030. The van der Waals surface area contributed by atoms with Crippen molar-refractivity contribution in [1.29, 1.82) is 0 Å². The van der Waals surface area contributed by atoms with E-state index in [1.165, 1.54) is 5.56 Å². The first-order chi connectivity index (χ1) is 13.7. The summed E-state index contributed by atoms with van der Waals surface area (Å²) < 4.78 is 6.43. The fraction of sp³-hybridized carbons (Fsp3) is 0.300. The number of nitrogens with zero attached hydrogens (tertiary/aromatic N) is 4. The number of hydrogen-bond acceptors (Lipinski definition) is 6. The van der Waals surface area contributed by atoms with Gasteiger partial charge in [0.2, 0.25) is 5.91 Å². The summed E-state index contributed by atoms with van der Waals surface area (Å²) in [5, 5.41) is 11.1. The quantitative estimate of drug-likeness (QED) is 0.718. The first-order valence-corrected chi connectivity index (χ1v) is 9.20. The van der Waals surface area contributed by atoms with Crippen molar-refractivity contribution in [3.8, 4) is 0 Å². The molecule has 0 bridgehead atoms. The Kier molecular flexibility index (Phi) is 5.41. The van der Waals surface area contributed by atoms with E-state index in [0.29, 0.717) is 16.6 Å². The van der Waals surface area contributed by atoms with E-state index in [4.69, 9.17) is 4.74 Å². The number of nitrogens with one attached hydrogen (secondary N) is 1. The summed E-state index contributed by atoms with van der Waals surface area (Å²) in [6.07, 6.45) is 0. The predicted molar refractivity (Wildman–Crippen MR) is 105 cm³/mol. The molecule has 0 spiro atoms. The maximum atomic E-state index is 12.4. The van der Waals surface area contributed by atoms with Crippen LogP contribution in [0, 0.1) is 0 Å². The summed E-state index contributed by atoms with van der Waals surface area (Å²) in [6.45, 7) is 4.07. The van der Waals surface area contributed by atoms with Gasteiger partial charge in [0, 0.05) is 25.3 Å². The van der Waals surface area contributed by atoms with Crippen molar-refractivity contribution in [3.05, 3.63) is 64.4 Å². The number of hydrogen-bond donors (Lipinski definition) is 1. The van der Waals surface area contributed by atoms with Gasteiger partial charge in [-0.2, -0.15) is 0 Å². The molecule has 1 aliphatic heterocycles. The van der Waals surface area contributed by atoms with Crippen molar-refractivity contribution in [3.63, 3.8) is 0 Å². The van der Waals surface area contributed by atoms with E-state index in [-0.39, 0.29) is 18.0 Å². The zero-order valence-electron chi connectivity index (χ0n) is 15.4. The summed E-state index contributed by atoms with van der Waals surface area (Å²) in [4.78, 5) is 27.1. The molecule has 4 rings (SSSR count). The zero-order chi connectivity index (χ0) is 19.3. The third-order valence-electron chi connectivity index (χ3n) is 4.67. The summed E-state index contributed by atoms with van der Waals surface area (Å²) in [6, 6.07) is 14.6. The van der Waals surface area contributed by atoms with E-state index in [1.807, 2.05) is 24.3 Å². The number of fused-ring (bicyclic) bond motifs is 1. The number of anilines is 1. The lowest BCUT2D eigenvalue weighted by Crippen LogP contribution is -2.35. The average Bonchev–Trinajstić information content (AvgIpc) is 2.72. The topological polar surface area (TPSA) is 89.3 Å².